The van der Waals surface area contributed by atoms with Crippen LogP contribution in [0.3, 0.4) is 0 Å². The van der Waals surface area contributed by atoms with E-state index < -0.39 is 0 Å². The summed E-state index contributed by atoms with van der Waals surface area (Å²) < 4.78 is 1.86. The fourth-order valence-corrected chi connectivity index (χ4v) is 5.43. The van der Waals surface area contributed by atoms with Gasteiger partial charge in [0.15, 0.2) is 5.78 Å². The number of aryl methyl sites for hydroxylation is 2. The molecular weight excluding hydrogens is 276 g/mol. The van der Waals surface area contributed by atoms with Gasteiger partial charge in [0.25, 0.3) is 0 Å². The van der Waals surface area contributed by atoms with Crippen molar-refractivity contribution in [2.75, 3.05) is 11.5 Å². The standard InChI is InChI=1S/C14H22N2OS2/c1-4-10-8-11(16(3)15-10)9-12(17)14-13(5-2)18-6-7-19-14/h8,13-14H,4-7,9H2,1-3H3. The highest BCUT2D eigenvalue weighted by atomic mass is 32.2. The lowest BCUT2D eigenvalue weighted by Gasteiger charge is -2.28. The first-order valence-electron chi connectivity index (χ1n) is 6.93. The van der Waals surface area contributed by atoms with Crippen molar-refractivity contribution in [1.82, 2.24) is 9.78 Å². The molecule has 0 spiro atoms. The Hall–Kier alpha value is -0.420. The number of Topliss-reactive ketones (excluding diaryl/α,β-unsaturated/α-hetero) is 1. The Balaban J connectivity index is 2.04. The molecule has 0 bridgehead atoms. The van der Waals surface area contributed by atoms with E-state index in [0.29, 0.717) is 17.5 Å². The molecule has 0 N–H and O–H groups in total. The first-order valence-corrected chi connectivity index (χ1v) is 9.03. The Kier molecular flexibility index (Phi) is 5.39. The van der Waals surface area contributed by atoms with Gasteiger partial charge in [-0.3, -0.25) is 9.48 Å². The zero-order valence-electron chi connectivity index (χ0n) is 11.9. The molecule has 1 aromatic rings. The predicted molar refractivity (Wildman–Crippen MR) is 84.1 cm³/mol. The van der Waals surface area contributed by atoms with Gasteiger partial charge in [0, 0.05) is 35.9 Å². The topological polar surface area (TPSA) is 34.9 Å². The third-order valence-electron chi connectivity index (χ3n) is 3.51. The number of aromatic nitrogens is 2. The van der Waals surface area contributed by atoms with Crippen LogP contribution in [0.2, 0.25) is 0 Å². The Bertz CT molecular complexity index is 445. The molecule has 0 saturated carbocycles. The molecule has 3 nitrogen and oxygen atoms in total. The van der Waals surface area contributed by atoms with Crippen LogP contribution in [0.1, 0.15) is 31.7 Å². The van der Waals surface area contributed by atoms with Gasteiger partial charge in [0.05, 0.1) is 10.9 Å². The van der Waals surface area contributed by atoms with Gasteiger partial charge in [-0.2, -0.15) is 16.9 Å². The van der Waals surface area contributed by atoms with E-state index in [1.54, 1.807) is 0 Å². The lowest BCUT2D eigenvalue weighted by atomic mass is 10.1. The maximum absolute atomic E-state index is 12.5. The maximum Gasteiger partial charge on any atom is 0.152 e. The summed E-state index contributed by atoms with van der Waals surface area (Å²) in [4.78, 5) is 12.5. The number of carbonyl (C=O) groups excluding carboxylic acids is 1. The second kappa shape index (κ2) is 6.84. The van der Waals surface area contributed by atoms with Crippen LogP contribution in [0.25, 0.3) is 0 Å². The number of ketones is 1. The lowest BCUT2D eigenvalue weighted by Crippen LogP contribution is -2.34. The zero-order chi connectivity index (χ0) is 13.8. The summed E-state index contributed by atoms with van der Waals surface area (Å²) in [5, 5.41) is 5.08. The minimum Gasteiger partial charge on any atom is -0.298 e. The van der Waals surface area contributed by atoms with Gasteiger partial charge in [-0.05, 0) is 18.9 Å². The lowest BCUT2D eigenvalue weighted by molar-refractivity contribution is -0.118. The molecule has 0 aromatic carbocycles. The average molecular weight is 298 g/mol. The van der Waals surface area contributed by atoms with Crippen LogP contribution in [-0.2, 0) is 24.7 Å². The fraction of sp³-hybridized carbons (Fsp3) is 0.714. The van der Waals surface area contributed by atoms with Crippen LogP contribution in [0.5, 0.6) is 0 Å². The quantitative estimate of drug-likeness (QED) is 0.837. The molecular formula is C14H22N2OS2. The van der Waals surface area contributed by atoms with Crippen molar-refractivity contribution in [1.29, 1.82) is 0 Å². The van der Waals surface area contributed by atoms with Crippen molar-refractivity contribution in [3.63, 3.8) is 0 Å². The van der Waals surface area contributed by atoms with Crippen LogP contribution in [0, 0.1) is 0 Å². The summed E-state index contributed by atoms with van der Waals surface area (Å²) in [6.45, 7) is 4.28. The third kappa shape index (κ3) is 3.57. The van der Waals surface area contributed by atoms with E-state index in [0.717, 1.165) is 30.0 Å². The molecule has 19 heavy (non-hydrogen) atoms. The first-order chi connectivity index (χ1) is 9.15. The summed E-state index contributed by atoms with van der Waals surface area (Å²) in [5.74, 6) is 2.65. The Labute approximate surface area is 123 Å². The Morgan fingerprint density at radius 3 is 2.79 bits per heavy atom. The molecule has 1 aliphatic heterocycles. The summed E-state index contributed by atoms with van der Waals surface area (Å²) in [6, 6.07) is 2.07. The van der Waals surface area contributed by atoms with Gasteiger partial charge < -0.3 is 0 Å². The minimum absolute atomic E-state index is 0.170. The number of nitrogens with zero attached hydrogens (tertiary/aromatic N) is 2. The Morgan fingerprint density at radius 2 is 2.16 bits per heavy atom. The van der Waals surface area contributed by atoms with Crippen LogP contribution in [-0.4, -0.2) is 37.6 Å². The molecule has 2 rings (SSSR count). The van der Waals surface area contributed by atoms with Gasteiger partial charge >= 0.3 is 0 Å². The van der Waals surface area contributed by atoms with Gasteiger partial charge in [0.2, 0.25) is 0 Å². The summed E-state index contributed by atoms with van der Waals surface area (Å²) in [5.41, 5.74) is 2.12. The largest absolute Gasteiger partial charge is 0.298 e. The monoisotopic (exact) mass is 298 g/mol. The van der Waals surface area contributed by atoms with E-state index in [1.807, 2.05) is 35.3 Å². The summed E-state index contributed by atoms with van der Waals surface area (Å²) in [6.07, 6.45) is 2.53. The normalized spacial score (nSPS) is 23.5. The van der Waals surface area contributed by atoms with Crippen molar-refractivity contribution in [3.05, 3.63) is 17.5 Å². The summed E-state index contributed by atoms with van der Waals surface area (Å²) >= 11 is 3.80. The van der Waals surface area contributed by atoms with Crippen molar-refractivity contribution in [2.45, 2.75) is 43.6 Å². The number of hydrogen-bond acceptors (Lipinski definition) is 4. The highest BCUT2D eigenvalue weighted by Crippen LogP contribution is 2.34. The number of thioether (sulfide) groups is 2. The van der Waals surface area contributed by atoms with Gasteiger partial charge in [-0.15, -0.1) is 11.8 Å². The fourth-order valence-electron chi connectivity index (χ4n) is 2.39. The molecule has 1 fully saturated rings. The second-order valence-electron chi connectivity index (χ2n) is 4.86. The Morgan fingerprint density at radius 1 is 1.42 bits per heavy atom. The first kappa shape index (κ1) is 15.0. The van der Waals surface area contributed by atoms with E-state index >= 15 is 0 Å². The van der Waals surface area contributed by atoms with Crippen LogP contribution < -0.4 is 0 Å². The van der Waals surface area contributed by atoms with Crippen LogP contribution in [0.4, 0.5) is 0 Å². The van der Waals surface area contributed by atoms with Crippen molar-refractivity contribution in [2.24, 2.45) is 7.05 Å². The third-order valence-corrected chi connectivity index (χ3v) is 6.81. The van der Waals surface area contributed by atoms with Gasteiger partial charge in [0.1, 0.15) is 0 Å². The maximum atomic E-state index is 12.5. The molecule has 0 amide bonds. The number of rotatable bonds is 5. The molecule has 1 saturated heterocycles. The van der Waals surface area contributed by atoms with E-state index in [-0.39, 0.29) is 5.25 Å². The highest BCUT2D eigenvalue weighted by molar-refractivity contribution is 8.07. The summed E-state index contributed by atoms with van der Waals surface area (Å²) in [7, 11) is 1.93. The molecule has 5 heteroatoms. The molecule has 0 radical (unpaired) electrons. The van der Waals surface area contributed by atoms with E-state index in [9.17, 15) is 4.79 Å². The van der Waals surface area contributed by atoms with Gasteiger partial charge in [-0.25, -0.2) is 0 Å². The highest BCUT2D eigenvalue weighted by Gasteiger charge is 2.31. The smallest absolute Gasteiger partial charge is 0.152 e. The van der Waals surface area contributed by atoms with Crippen molar-refractivity contribution in [3.8, 4) is 0 Å². The van der Waals surface area contributed by atoms with Crippen molar-refractivity contribution < 1.29 is 4.79 Å². The SMILES string of the molecule is CCc1cc(CC(=O)C2SCCSC2CC)n(C)n1. The number of hydrogen-bond donors (Lipinski definition) is 0. The molecule has 2 unspecified atom stereocenters. The van der Waals surface area contributed by atoms with E-state index in [4.69, 9.17) is 0 Å². The zero-order valence-corrected chi connectivity index (χ0v) is 13.5. The van der Waals surface area contributed by atoms with E-state index in [2.05, 4.69) is 25.0 Å². The van der Waals surface area contributed by atoms with Crippen LogP contribution in [0.15, 0.2) is 6.07 Å². The molecule has 2 atom stereocenters. The average Bonchev–Trinajstić information content (AvgIpc) is 2.79. The predicted octanol–water partition coefficient (Wildman–Crippen LogP) is 2.72. The van der Waals surface area contributed by atoms with Gasteiger partial charge in [-0.1, -0.05) is 13.8 Å². The van der Waals surface area contributed by atoms with Crippen LogP contribution >= 0.6 is 23.5 Å². The molecule has 1 aromatic heterocycles. The minimum atomic E-state index is 0.170. The molecule has 0 aliphatic carbocycles. The molecule has 2 heterocycles. The van der Waals surface area contributed by atoms with Crippen molar-refractivity contribution >= 4 is 29.3 Å². The molecule has 1 aliphatic rings. The second-order valence-corrected chi connectivity index (χ2v) is 7.45. The molecule has 106 valence electrons. The van der Waals surface area contributed by atoms with E-state index in [1.165, 1.54) is 5.75 Å². The number of carbonyl (C=O) groups is 1.